The van der Waals surface area contributed by atoms with Gasteiger partial charge >= 0.3 is 0 Å². The Morgan fingerprint density at radius 1 is 1.00 bits per heavy atom. The van der Waals surface area contributed by atoms with Crippen molar-refractivity contribution in [2.24, 2.45) is 5.84 Å². The van der Waals surface area contributed by atoms with E-state index in [1.165, 1.54) is 0 Å². The van der Waals surface area contributed by atoms with Gasteiger partial charge in [-0.2, -0.15) is 0 Å². The number of hydrazine groups is 1. The Morgan fingerprint density at radius 3 is 2.57 bits per heavy atom. The molecule has 3 rings (SSSR count). The first-order valence-electron chi connectivity index (χ1n) is 6.45. The number of hydrogen-bond acceptors (Lipinski definition) is 3. The van der Waals surface area contributed by atoms with Gasteiger partial charge in [0, 0.05) is 27.2 Å². The second-order valence-corrected chi connectivity index (χ2v) is 5.53. The molecule has 21 heavy (non-hydrogen) atoms. The van der Waals surface area contributed by atoms with Crippen molar-refractivity contribution in [2.75, 3.05) is 0 Å². The van der Waals surface area contributed by atoms with Crippen molar-refractivity contribution in [3.8, 4) is 0 Å². The summed E-state index contributed by atoms with van der Waals surface area (Å²) in [6, 6.07) is 15.0. The summed E-state index contributed by atoms with van der Waals surface area (Å²) in [6.45, 7) is 0. The van der Waals surface area contributed by atoms with E-state index >= 15 is 0 Å². The van der Waals surface area contributed by atoms with Crippen LogP contribution in [0.25, 0.3) is 10.9 Å². The molecule has 1 atom stereocenters. The van der Waals surface area contributed by atoms with E-state index in [1.807, 2.05) is 36.4 Å². The molecule has 0 amide bonds. The summed E-state index contributed by atoms with van der Waals surface area (Å²) in [5, 5.41) is 2.22. The fourth-order valence-electron chi connectivity index (χ4n) is 2.44. The lowest BCUT2D eigenvalue weighted by Gasteiger charge is -2.19. The molecule has 3 aromatic rings. The fraction of sp³-hybridized carbons (Fsp3) is 0.0625. The second-order valence-electron chi connectivity index (χ2n) is 4.69. The van der Waals surface area contributed by atoms with E-state index in [-0.39, 0.29) is 6.04 Å². The summed E-state index contributed by atoms with van der Waals surface area (Å²) in [7, 11) is 0. The van der Waals surface area contributed by atoms with Crippen LogP contribution in [0.4, 0.5) is 0 Å². The average molecular weight is 318 g/mol. The topological polar surface area (TPSA) is 50.9 Å². The number of rotatable bonds is 3. The first-order chi connectivity index (χ1) is 10.2. The molecular weight excluding hydrogens is 305 g/mol. The van der Waals surface area contributed by atoms with Gasteiger partial charge in [0.15, 0.2) is 0 Å². The third kappa shape index (κ3) is 2.74. The number of fused-ring (bicyclic) bond motifs is 1. The van der Waals surface area contributed by atoms with E-state index in [0.29, 0.717) is 10.0 Å². The molecule has 1 unspecified atom stereocenters. The van der Waals surface area contributed by atoms with Gasteiger partial charge in [0.05, 0.1) is 11.6 Å². The Bertz CT molecular complexity index is 784. The SMILES string of the molecule is NNC(c1ccc(Cl)cc1Cl)c1cccc2cccnc12. The van der Waals surface area contributed by atoms with Gasteiger partial charge in [0.1, 0.15) is 0 Å². The van der Waals surface area contributed by atoms with Crippen LogP contribution in [0.5, 0.6) is 0 Å². The Morgan fingerprint density at radius 2 is 1.81 bits per heavy atom. The van der Waals surface area contributed by atoms with Crippen molar-refractivity contribution in [2.45, 2.75) is 6.04 Å². The number of para-hydroxylation sites is 1. The highest BCUT2D eigenvalue weighted by molar-refractivity contribution is 6.35. The minimum atomic E-state index is -0.256. The van der Waals surface area contributed by atoms with Gasteiger partial charge in [-0.3, -0.25) is 10.8 Å². The van der Waals surface area contributed by atoms with Crippen LogP contribution >= 0.6 is 23.2 Å². The molecule has 0 aliphatic heterocycles. The maximum atomic E-state index is 6.30. The lowest BCUT2D eigenvalue weighted by molar-refractivity contribution is 0.640. The summed E-state index contributed by atoms with van der Waals surface area (Å²) >= 11 is 12.3. The van der Waals surface area contributed by atoms with E-state index in [4.69, 9.17) is 29.0 Å². The highest BCUT2D eigenvalue weighted by atomic mass is 35.5. The predicted octanol–water partition coefficient (Wildman–Crippen LogP) is 4.09. The van der Waals surface area contributed by atoms with Crippen LogP contribution in [0.15, 0.2) is 54.7 Å². The van der Waals surface area contributed by atoms with Gasteiger partial charge in [0.2, 0.25) is 0 Å². The van der Waals surface area contributed by atoms with Gasteiger partial charge in [-0.1, -0.05) is 53.5 Å². The molecule has 0 saturated carbocycles. The molecule has 106 valence electrons. The second kappa shape index (κ2) is 6.00. The van der Waals surface area contributed by atoms with Gasteiger partial charge in [-0.05, 0) is 23.8 Å². The summed E-state index contributed by atoms with van der Waals surface area (Å²) < 4.78 is 0. The highest BCUT2D eigenvalue weighted by Gasteiger charge is 2.18. The summed E-state index contributed by atoms with van der Waals surface area (Å²) in [5.74, 6) is 5.77. The molecule has 1 aromatic heterocycles. The number of nitrogens with one attached hydrogen (secondary N) is 1. The van der Waals surface area contributed by atoms with Crippen LogP contribution < -0.4 is 11.3 Å². The Labute approximate surface area is 132 Å². The highest BCUT2D eigenvalue weighted by Crippen LogP contribution is 2.32. The molecule has 2 aromatic carbocycles. The molecule has 3 N–H and O–H groups in total. The standard InChI is InChI=1S/C16H13Cl2N3/c17-11-6-7-12(14(18)9-11)16(21-19)13-5-1-3-10-4-2-8-20-15(10)13/h1-9,16,21H,19H2. The van der Waals surface area contributed by atoms with Gasteiger partial charge in [0.25, 0.3) is 0 Å². The quantitative estimate of drug-likeness (QED) is 0.565. The molecule has 0 aliphatic rings. The van der Waals surface area contributed by atoms with E-state index in [9.17, 15) is 0 Å². The van der Waals surface area contributed by atoms with Crippen molar-refractivity contribution in [3.05, 3.63) is 75.9 Å². The maximum absolute atomic E-state index is 6.30. The van der Waals surface area contributed by atoms with Crippen LogP contribution in [0.2, 0.25) is 10.0 Å². The van der Waals surface area contributed by atoms with E-state index < -0.39 is 0 Å². The predicted molar refractivity (Wildman–Crippen MR) is 87.4 cm³/mol. The molecule has 0 saturated heterocycles. The van der Waals surface area contributed by atoms with Crippen LogP contribution in [0, 0.1) is 0 Å². The first kappa shape index (κ1) is 14.3. The lowest BCUT2D eigenvalue weighted by Crippen LogP contribution is -2.29. The van der Waals surface area contributed by atoms with Gasteiger partial charge in [-0.15, -0.1) is 0 Å². The van der Waals surface area contributed by atoms with Gasteiger partial charge in [-0.25, -0.2) is 5.43 Å². The minimum absolute atomic E-state index is 0.256. The largest absolute Gasteiger partial charge is 0.271 e. The molecule has 3 nitrogen and oxygen atoms in total. The van der Waals surface area contributed by atoms with Crippen LogP contribution in [-0.2, 0) is 0 Å². The Hall–Kier alpha value is -1.65. The summed E-state index contributed by atoms with van der Waals surface area (Å²) in [4.78, 5) is 4.46. The lowest BCUT2D eigenvalue weighted by atomic mass is 9.97. The van der Waals surface area contributed by atoms with Crippen LogP contribution in [-0.4, -0.2) is 4.98 Å². The number of halogens is 2. The fourth-order valence-corrected chi connectivity index (χ4v) is 2.96. The molecule has 0 fully saturated rings. The molecule has 0 aliphatic carbocycles. The summed E-state index contributed by atoms with van der Waals surface area (Å²) in [5.41, 5.74) is 5.55. The minimum Gasteiger partial charge on any atom is -0.271 e. The van der Waals surface area contributed by atoms with E-state index in [1.54, 1.807) is 18.3 Å². The number of pyridine rings is 1. The number of benzene rings is 2. The number of nitrogens with zero attached hydrogens (tertiary/aromatic N) is 1. The Balaban J connectivity index is 2.18. The zero-order chi connectivity index (χ0) is 14.8. The van der Waals surface area contributed by atoms with Crippen molar-refractivity contribution >= 4 is 34.1 Å². The average Bonchev–Trinajstić information content (AvgIpc) is 2.50. The molecule has 0 radical (unpaired) electrons. The number of nitrogens with two attached hydrogens (primary N) is 1. The maximum Gasteiger partial charge on any atom is 0.0753 e. The van der Waals surface area contributed by atoms with E-state index in [0.717, 1.165) is 22.0 Å². The first-order valence-corrected chi connectivity index (χ1v) is 7.21. The zero-order valence-electron chi connectivity index (χ0n) is 11.1. The molecular formula is C16H13Cl2N3. The third-order valence-electron chi connectivity index (χ3n) is 3.42. The normalized spacial score (nSPS) is 12.5. The van der Waals surface area contributed by atoms with Crippen LogP contribution in [0.1, 0.15) is 17.2 Å². The Kier molecular flexibility index (Phi) is 4.08. The molecule has 5 heteroatoms. The van der Waals surface area contributed by atoms with Crippen LogP contribution in [0.3, 0.4) is 0 Å². The summed E-state index contributed by atoms with van der Waals surface area (Å²) in [6.07, 6.45) is 1.77. The molecule has 1 heterocycles. The van der Waals surface area contributed by atoms with E-state index in [2.05, 4.69) is 10.4 Å². The third-order valence-corrected chi connectivity index (χ3v) is 3.98. The van der Waals surface area contributed by atoms with Crippen molar-refractivity contribution in [3.63, 3.8) is 0 Å². The van der Waals surface area contributed by atoms with Crippen molar-refractivity contribution in [1.82, 2.24) is 10.4 Å². The molecule has 0 bridgehead atoms. The monoisotopic (exact) mass is 317 g/mol. The zero-order valence-corrected chi connectivity index (χ0v) is 12.6. The van der Waals surface area contributed by atoms with Gasteiger partial charge < -0.3 is 0 Å². The number of aromatic nitrogens is 1. The smallest absolute Gasteiger partial charge is 0.0753 e. The van der Waals surface area contributed by atoms with Crippen molar-refractivity contribution in [1.29, 1.82) is 0 Å². The molecule has 0 spiro atoms. The number of hydrogen-bond donors (Lipinski definition) is 2. The van der Waals surface area contributed by atoms with Crippen molar-refractivity contribution < 1.29 is 0 Å².